The van der Waals surface area contributed by atoms with Crippen molar-refractivity contribution in [1.29, 1.82) is 5.26 Å². The number of hydrogen-bond donors (Lipinski definition) is 0. The zero-order valence-electron chi connectivity index (χ0n) is 16.4. The molecule has 0 bridgehead atoms. The predicted molar refractivity (Wildman–Crippen MR) is 108 cm³/mol. The molecule has 4 nitrogen and oxygen atoms in total. The van der Waals surface area contributed by atoms with Gasteiger partial charge in [0.2, 0.25) is 6.10 Å². The van der Waals surface area contributed by atoms with Crippen LogP contribution in [0.3, 0.4) is 0 Å². The lowest BCUT2D eigenvalue weighted by Crippen LogP contribution is -2.14. The van der Waals surface area contributed by atoms with Gasteiger partial charge in [0, 0.05) is 10.6 Å². The van der Waals surface area contributed by atoms with E-state index in [0.29, 0.717) is 16.3 Å². The van der Waals surface area contributed by atoms with Gasteiger partial charge < -0.3 is 9.47 Å². The number of hydrogen-bond acceptors (Lipinski definition) is 4. The second-order valence-electron chi connectivity index (χ2n) is 7.63. The van der Waals surface area contributed by atoms with E-state index in [2.05, 4.69) is 0 Å². The van der Waals surface area contributed by atoms with Gasteiger partial charge in [-0.05, 0) is 42.5 Å². The van der Waals surface area contributed by atoms with E-state index in [9.17, 15) is 14.4 Å². The molecule has 1 aliphatic carbocycles. The molecule has 1 aliphatic rings. The fourth-order valence-corrected chi connectivity index (χ4v) is 3.56. The van der Waals surface area contributed by atoms with Crippen molar-refractivity contribution in [2.75, 3.05) is 0 Å². The van der Waals surface area contributed by atoms with Crippen LogP contribution in [0.25, 0.3) is 0 Å². The summed E-state index contributed by atoms with van der Waals surface area (Å²) in [5, 5.41) is 10.1. The molecule has 0 N–H and O–H groups in total. The van der Waals surface area contributed by atoms with Gasteiger partial charge in [0.25, 0.3) is 0 Å². The molecular weight excluding hydrogens is 393 g/mol. The fourth-order valence-electron chi connectivity index (χ4n) is 3.42. The van der Waals surface area contributed by atoms with Crippen LogP contribution in [0.4, 0.5) is 4.39 Å². The van der Waals surface area contributed by atoms with Crippen molar-refractivity contribution >= 4 is 17.6 Å². The predicted octanol–water partition coefficient (Wildman–Crippen LogP) is 6.14. The van der Waals surface area contributed by atoms with E-state index in [1.807, 2.05) is 32.1 Å². The van der Waals surface area contributed by atoms with Gasteiger partial charge in [-0.25, -0.2) is 4.39 Å². The topological polar surface area (TPSA) is 59.3 Å². The Morgan fingerprint density at radius 1 is 1.28 bits per heavy atom. The summed E-state index contributed by atoms with van der Waals surface area (Å²) in [4.78, 5) is 12.6. The number of nitrogens with zero attached hydrogens (tertiary/aromatic N) is 1. The highest BCUT2D eigenvalue weighted by atomic mass is 35.5. The minimum absolute atomic E-state index is 0.0444. The summed E-state index contributed by atoms with van der Waals surface area (Å²) >= 11 is 5.94. The minimum Gasteiger partial charge on any atom is -0.454 e. The highest BCUT2D eigenvalue weighted by molar-refractivity contribution is 6.29. The molecule has 1 fully saturated rings. The number of allylic oxidation sites excluding steroid dienone is 2. The number of ether oxygens (including phenoxy) is 2. The Balaban J connectivity index is 1.77. The zero-order valence-corrected chi connectivity index (χ0v) is 17.1. The van der Waals surface area contributed by atoms with Crippen LogP contribution in [0.1, 0.15) is 32.4 Å². The van der Waals surface area contributed by atoms with Crippen LogP contribution in [0.15, 0.2) is 59.6 Å². The summed E-state index contributed by atoms with van der Waals surface area (Å²) in [6.45, 7) is 5.65. The van der Waals surface area contributed by atoms with E-state index in [4.69, 9.17) is 21.1 Å². The van der Waals surface area contributed by atoms with Crippen LogP contribution in [-0.4, -0.2) is 5.97 Å². The Labute approximate surface area is 174 Å². The molecule has 6 heteroatoms. The highest BCUT2D eigenvalue weighted by Crippen LogP contribution is 2.60. The first kappa shape index (κ1) is 20.9. The van der Waals surface area contributed by atoms with E-state index < -0.39 is 17.9 Å². The van der Waals surface area contributed by atoms with Crippen LogP contribution in [0.2, 0.25) is 0 Å². The summed E-state index contributed by atoms with van der Waals surface area (Å²) < 4.78 is 25.2. The lowest BCUT2D eigenvalue weighted by molar-refractivity contribution is -0.149. The number of benzene rings is 2. The van der Waals surface area contributed by atoms with Crippen molar-refractivity contribution in [2.45, 2.75) is 26.9 Å². The molecule has 0 aliphatic heterocycles. The molecule has 1 saturated carbocycles. The summed E-state index contributed by atoms with van der Waals surface area (Å²) in [5.41, 5.74) is 0.0460. The Bertz CT molecular complexity index is 977. The normalized spacial score (nSPS) is 21.0. The van der Waals surface area contributed by atoms with Crippen LogP contribution < -0.4 is 4.74 Å². The SMILES string of the molecule is C/C(Cl)=C/C1C(C(=O)OC(C#N)c2ccc(F)c(Oc3ccccc3)c2)C1(C)C. The second-order valence-corrected chi connectivity index (χ2v) is 8.23. The van der Waals surface area contributed by atoms with Crippen molar-refractivity contribution in [1.82, 2.24) is 0 Å². The molecule has 0 radical (unpaired) electrons. The first-order valence-corrected chi connectivity index (χ1v) is 9.58. The third kappa shape index (κ3) is 4.60. The Hall–Kier alpha value is -2.84. The summed E-state index contributed by atoms with van der Waals surface area (Å²) in [5.74, 6) is -1.07. The Morgan fingerprint density at radius 2 is 1.97 bits per heavy atom. The number of nitriles is 1. The highest BCUT2D eigenvalue weighted by Gasteiger charge is 2.61. The molecule has 0 aromatic heterocycles. The Morgan fingerprint density at radius 3 is 2.59 bits per heavy atom. The molecular formula is C23H21ClFNO3. The molecule has 3 atom stereocenters. The number of para-hydroxylation sites is 1. The lowest BCUT2D eigenvalue weighted by atomic mass is 10.1. The van der Waals surface area contributed by atoms with Gasteiger partial charge in [0.05, 0.1) is 5.92 Å². The van der Waals surface area contributed by atoms with E-state index in [0.717, 1.165) is 0 Å². The average molecular weight is 414 g/mol. The molecule has 0 amide bonds. The molecule has 150 valence electrons. The van der Waals surface area contributed by atoms with Gasteiger partial charge in [0.1, 0.15) is 11.8 Å². The summed E-state index contributed by atoms with van der Waals surface area (Å²) in [6, 6.07) is 14.7. The van der Waals surface area contributed by atoms with Gasteiger partial charge in [-0.1, -0.05) is 55.8 Å². The van der Waals surface area contributed by atoms with Gasteiger partial charge in [-0.2, -0.15) is 5.26 Å². The standard InChI is InChI=1S/C23H21ClFNO3/c1-14(24)11-17-21(23(17,2)3)22(27)29-20(13-26)15-9-10-18(25)19(12-15)28-16-7-5-4-6-8-16/h4-12,17,20-21H,1-3H3/b14-11-. The molecule has 0 heterocycles. The van der Waals surface area contributed by atoms with Crippen molar-refractivity contribution in [2.24, 2.45) is 17.3 Å². The fraction of sp³-hybridized carbons (Fsp3) is 0.304. The number of halogens is 2. The van der Waals surface area contributed by atoms with Crippen LogP contribution >= 0.6 is 11.6 Å². The Kier molecular flexibility index (Phi) is 5.95. The molecule has 0 saturated heterocycles. The number of carbonyl (C=O) groups excluding carboxylic acids is 1. The van der Waals surface area contributed by atoms with Gasteiger partial charge in [-0.15, -0.1) is 0 Å². The second kappa shape index (κ2) is 8.26. The number of carbonyl (C=O) groups is 1. The molecule has 0 spiro atoms. The largest absolute Gasteiger partial charge is 0.454 e. The zero-order chi connectivity index (χ0) is 21.2. The van der Waals surface area contributed by atoms with Crippen molar-refractivity contribution in [3.8, 4) is 17.6 Å². The van der Waals surface area contributed by atoms with E-state index >= 15 is 0 Å². The molecule has 29 heavy (non-hydrogen) atoms. The van der Waals surface area contributed by atoms with Gasteiger partial charge >= 0.3 is 5.97 Å². The van der Waals surface area contributed by atoms with E-state index in [1.165, 1.54) is 18.2 Å². The molecule has 3 unspecified atom stereocenters. The third-order valence-corrected chi connectivity index (χ3v) is 5.28. The molecule has 2 aromatic carbocycles. The number of esters is 1. The van der Waals surface area contributed by atoms with Crippen LogP contribution in [0.5, 0.6) is 11.5 Å². The maximum atomic E-state index is 14.2. The van der Waals surface area contributed by atoms with Gasteiger partial charge in [0.15, 0.2) is 11.6 Å². The maximum Gasteiger partial charge on any atom is 0.311 e. The maximum absolute atomic E-state index is 14.2. The number of rotatable bonds is 6. The quantitative estimate of drug-likeness (QED) is 0.533. The molecule has 3 rings (SSSR count). The minimum atomic E-state index is -1.17. The first-order chi connectivity index (χ1) is 13.7. The third-order valence-electron chi connectivity index (χ3n) is 5.15. The van der Waals surface area contributed by atoms with Crippen LogP contribution in [-0.2, 0) is 9.53 Å². The first-order valence-electron chi connectivity index (χ1n) is 9.20. The van der Waals surface area contributed by atoms with E-state index in [1.54, 1.807) is 31.2 Å². The summed E-state index contributed by atoms with van der Waals surface area (Å²) in [7, 11) is 0. The van der Waals surface area contributed by atoms with Crippen LogP contribution in [0, 0.1) is 34.4 Å². The lowest BCUT2D eigenvalue weighted by Gasteiger charge is -2.14. The monoisotopic (exact) mass is 413 g/mol. The van der Waals surface area contributed by atoms with Crippen molar-refractivity contribution in [3.05, 3.63) is 71.0 Å². The van der Waals surface area contributed by atoms with E-state index in [-0.39, 0.29) is 23.0 Å². The van der Waals surface area contributed by atoms with Crippen molar-refractivity contribution in [3.63, 3.8) is 0 Å². The van der Waals surface area contributed by atoms with Gasteiger partial charge in [-0.3, -0.25) is 4.79 Å². The average Bonchev–Trinajstić information content (AvgIpc) is 3.21. The molecule has 2 aromatic rings. The smallest absolute Gasteiger partial charge is 0.311 e. The summed E-state index contributed by atoms with van der Waals surface area (Å²) in [6.07, 6.45) is 0.665. The van der Waals surface area contributed by atoms with Crippen molar-refractivity contribution < 1.29 is 18.7 Å².